The van der Waals surface area contributed by atoms with Crippen molar-refractivity contribution in [3.8, 4) is 5.75 Å². The lowest BCUT2D eigenvalue weighted by molar-refractivity contribution is -0.118. The maximum absolute atomic E-state index is 12.2. The van der Waals surface area contributed by atoms with Crippen molar-refractivity contribution in [3.63, 3.8) is 0 Å². The summed E-state index contributed by atoms with van der Waals surface area (Å²) in [6.07, 6.45) is 0.812. The molecule has 0 aliphatic carbocycles. The molecule has 0 spiro atoms. The van der Waals surface area contributed by atoms with Crippen LogP contribution in [0.1, 0.15) is 18.1 Å². The highest BCUT2D eigenvalue weighted by Gasteiger charge is 2.12. The zero-order valence-electron chi connectivity index (χ0n) is 14.5. The van der Waals surface area contributed by atoms with Gasteiger partial charge in [-0.05, 0) is 36.6 Å². The Bertz CT molecular complexity index is 1030. The number of amides is 1. The van der Waals surface area contributed by atoms with Gasteiger partial charge in [-0.3, -0.25) is 4.79 Å². The molecule has 2 aromatic carbocycles. The van der Waals surface area contributed by atoms with Crippen molar-refractivity contribution in [2.45, 2.75) is 20.3 Å². The summed E-state index contributed by atoms with van der Waals surface area (Å²) in [6.45, 7) is 3.61. The Morgan fingerprint density at radius 1 is 1.23 bits per heavy atom. The third kappa shape index (κ3) is 3.89. The summed E-state index contributed by atoms with van der Waals surface area (Å²) in [5.41, 5.74) is 2.48. The number of nitrogens with one attached hydrogen (secondary N) is 1. The van der Waals surface area contributed by atoms with Crippen molar-refractivity contribution in [1.82, 2.24) is 0 Å². The van der Waals surface area contributed by atoms with Gasteiger partial charge in [0.15, 0.2) is 6.61 Å². The van der Waals surface area contributed by atoms with Crippen LogP contribution in [0, 0.1) is 6.92 Å². The lowest BCUT2D eigenvalue weighted by Crippen LogP contribution is -2.21. The Balaban J connectivity index is 1.76. The third-order valence-corrected chi connectivity index (χ3v) is 4.33. The normalized spacial score (nSPS) is 10.7. The summed E-state index contributed by atoms with van der Waals surface area (Å²) >= 11 is 6.23. The number of hydrogen-bond acceptors (Lipinski definition) is 4. The molecule has 5 nitrogen and oxygen atoms in total. The minimum atomic E-state index is -0.447. The molecule has 1 aromatic heterocycles. The number of ether oxygens (including phenoxy) is 1. The van der Waals surface area contributed by atoms with Crippen LogP contribution in [0.4, 0.5) is 5.69 Å². The molecule has 0 aliphatic heterocycles. The summed E-state index contributed by atoms with van der Waals surface area (Å²) in [4.78, 5) is 23.7. The van der Waals surface area contributed by atoms with Gasteiger partial charge in [-0.25, -0.2) is 4.79 Å². The van der Waals surface area contributed by atoms with Crippen LogP contribution in [-0.4, -0.2) is 12.5 Å². The minimum Gasteiger partial charge on any atom is -0.482 e. The fraction of sp³-hybridized carbons (Fsp3) is 0.200. The van der Waals surface area contributed by atoms with Crippen molar-refractivity contribution in [1.29, 1.82) is 0 Å². The number of benzene rings is 2. The zero-order chi connectivity index (χ0) is 18.7. The molecule has 1 N–H and O–H groups in total. The molecule has 3 aromatic rings. The van der Waals surface area contributed by atoms with E-state index in [4.69, 9.17) is 20.8 Å². The summed E-state index contributed by atoms with van der Waals surface area (Å²) < 4.78 is 10.7. The van der Waals surface area contributed by atoms with Crippen molar-refractivity contribution in [2.24, 2.45) is 0 Å². The molecule has 0 radical (unpaired) electrons. The van der Waals surface area contributed by atoms with Gasteiger partial charge in [-0.2, -0.15) is 0 Å². The van der Waals surface area contributed by atoms with Crippen molar-refractivity contribution in [2.75, 3.05) is 11.9 Å². The topological polar surface area (TPSA) is 68.5 Å². The molecule has 0 unspecified atom stereocenters. The van der Waals surface area contributed by atoms with Gasteiger partial charge >= 0.3 is 5.63 Å². The largest absolute Gasteiger partial charge is 0.482 e. The highest BCUT2D eigenvalue weighted by atomic mass is 35.5. The molecule has 0 fully saturated rings. The molecule has 26 heavy (non-hydrogen) atoms. The molecule has 3 rings (SSSR count). The maximum atomic E-state index is 12.2. The fourth-order valence-electron chi connectivity index (χ4n) is 2.71. The number of para-hydroxylation sites is 1. The average Bonchev–Trinajstić information content (AvgIpc) is 2.61. The van der Waals surface area contributed by atoms with E-state index in [2.05, 4.69) is 5.32 Å². The smallest absolute Gasteiger partial charge is 0.336 e. The van der Waals surface area contributed by atoms with E-state index >= 15 is 0 Å². The molecule has 0 bridgehead atoms. The van der Waals surface area contributed by atoms with Gasteiger partial charge in [0.1, 0.15) is 11.3 Å². The van der Waals surface area contributed by atoms with E-state index in [1.165, 1.54) is 12.1 Å². The molecule has 6 heteroatoms. The molecular weight excluding hydrogens is 354 g/mol. The molecule has 0 saturated heterocycles. The Hall–Kier alpha value is -2.79. The monoisotopic (exact) mass is 371 g/mol. The van der Waals surface area contributed by atoms with Gasteiger partial charge in [0.2, 0.25) is 0 Å². The number of rotatable bonds is 5. The van der Waals surface area contributed by atoms with Crippen LogP contribution in [0.25, 0.3) is 11.0 Å². The van der Waals surface area contributed by atoms with Crippen LogP contribution in [0.2, 0.25) is 5.02 Å². The van der Waals surface area contributed by atoms with E-state index in [0.717, 1.165) is 28.6 Å². The van der Waals surface area contributed by atoms with E-state index in [1.807, 2.05) is 31.2 Å². The van der Waals surface area contributed by atoms with E-state index in [9.17, 15) is 9.59 Å². The second-order valence-electron chi connectivity index (χ2n) is 5.87. The molecule has 0 aliphatic rings. The third-order valence-electron chi connectivity index (χ3n) is 4.03. The van der Waals surface area contributed by atoms with Crippen molar-refractivity contribution >= 4 is 34.2 Å². The quantitative estimate of drug-likeness (QED) is 0.677. The standard InChI is InChI=1S/C20H18ClNO4/c1-3-13-6-4-5-7-16(13)22-19(23)11-25-18-10-17-14(9-15(18)21)12(2)8-20(24)26-17/h4-10H,3,11H2,1-2H3,(H,22,23). The maximum Gasteiger partial charge on any atom is 0.336 e. The summed E-state index contributed by atoms with van der Waals surface area (Å²) in [5.74, 6) is -0.0143. The second kappa shape index (κ2) is 7.62. The summed E-state index contributed by atoms with van der Waals surface area (Å²) in [5, 5.41) is 3.90. The molecule has 0 saturated carbocycles. The van der Waals surface area contributed by atoms with Crippen LogP contribution in [0.5, 0.6) is 5.75 Å². The van der Waals surface area contributed by atoms with Gasteiger partial charge in [0.25, 0.3) is 5.91 Å². The number of aryl methyl sites for hydroxylation is 2. The van der Waals surface area contributed by atoms with E-state index in [1.54, 1.807) is 13.0 Å². The van der Waals surface area contributed by atoms with Crippen LogP contribution in [0.3, 0.4) is 0 Å². The SMILES string of the molecule is CCc1ccccc1NC(=O)COc1cc2oc(=O)cc(C)c2cc1Cl. The molecule has 0 atom stereocenters. The van der Waals surface area contributed by atoms with Crippen LogP contribution >= 0.6 is 11.6 Å². The van der Waals surface area contributed by atoms with Gasteiger partial charge in [-0.1, -0.05) is 36.7 Å². The van der Waals surface area contributed by atoms with Crippen molar-refractivity contribution < 1.29 is 13.9 Å². The van der Waals surface area contributed by atoms with Crippen LogP contribution in [0.15, 0.2) is 51.7 Å². The highest BCUT2D eigenvalue weighted by molar-refractivity contribution is 6.32. The number of halogens is 1. The fourth-order valence-corrected chi connectivity index (χ4v) is 2.93. The lowest BCUT2D eigenvalue weighted by atomic mass is 10.1. The first-order chi connectivity index (χ1) is 12.5. The van der Waals surface area contributed by atoms with Crippen LogP contribution in [-0.2, 0) is 11.2 Å². The van der Waals surface area contributed by atoms with Gasteiger partial charge in [0, 0.05) is 23.2 Å². The second-order valence-corrected chi connectivity index (χ2v) is 6.28. The molecular formula is C20H18ClNO4. The Morgan fingerprint density at radius 2 is 2.00 bits per heavy atom. The Labute approximate surface area is 155 Å². The first kappa shape index (κ1) is 18.0. The Kier molecular flexibility index (Phi) is 5.28. The molecule has 134 valence electrons. The van der Waals surface area contributed by atoms with Gasteiger partial charge in [-0.15, -0.1) is 0 Å². The first-order valence-electron chi connectivity index (χ1n) is 8.22. The first-order valence-corrected chi connectivity index (χ1v) is 8.60. The molecule has 1 heterocycles. The van der Waals surface area contributed by atoms with Crippen LogP contribution < -0.4 is 15.7 Å². The summed E-state index contributed by atoms with van der Waals surface area (Å²) in [7, 11) is 0. The van der Waals surface area contributed by atoms with E-state index < -0.39 is 5.63 Å². The highest BCUT2D eigenvalue weighted by Crippen LogP contribution is 2.31. The lowest BCUT2D eigenvalue weighted by Gasteiger charge is -2.12. The molecule has 1 amide bonds. The van der Waals surface area contributed by atoms with E-state index in [0.29, 0.717) is 10.6 Å². The Morgan fingerprint density at radius 3 is 2.77 bits per heavy atom. The van der Waals surface area contributed by atoms with E-state index in [-0.39, 0.29) is 18.3 Å². The van der Waals surface area contributed by atoms with Gasteiger partial charge in [0.05, 0.1) is 5.02 Å². The average molecular weight is 372 g/mol. The number of hydrogen-bond donors (Lipinski definition) is 1. The number of fused-ring (bicyclic) bond motifs is 1. The number of anilines is 1. The zero-order valence-corrected chi connectivity index (χ0v) is 15.2. The van der Waals surface area contributed by atoms with Gasteiger partial charge < -0.3 is 14.5 Å². The predicted molar refractivity (Wildman–Crippen MR) is 102 cm³/mol. The predicted octanol–water partition coefficient (Wildman–Crippen LogP) is 4.33. The summed E-state index contributed by atoms with van der Waals surface area (Å²) in [6, 6.07) is 12.2. The number of carbonyl (C=O) groups is 1. The number of carbonyl (C=O) groups excluding carboxylic acids is 1. The van der Waals surface area contributed by atoms with Crippen molar-refractivity contribution in [3.05, 3.63) is 69.0 Å². The minimum absolute atomic E-state index is 0.209.